The minimum Gasteiger partial charge on any atom is -0.382 e. The van der Waals surface area contributed by atoms with Crippen LogP contribution in [0.1, 0.15) is 32.1 Å². The number of amides is 2. The lowest BCUT2D eigenvalue weighted by Gasteiger charge is -2.25. The van der Waals surface area contributed by atoms with Crippen molar-refractivity contribution in [1.82, 2.24) is 15.1 Å². The molecule has 1 aliphatic carbocycles. The first-order valence-electron chi connectivity index (χ1n) is 8.24. The Kier molecular flexibility index (Phi) is 6.13. The Morgan fingerprint density at radius 2 is 2.00 bits per heavy atom. The van der Waals surface area contributed by atoms with E-state index < -0.39 is 24.9 Å². The van der Waals surface area contributed by atoms with Crippen LogP contribution < -0.4 is 5.32 Å². The molecule has 0 bridgehead atoms. The predicted octanol–water partition coefficient (Wildman–Crippen LogP) is 1.82. The zero-order chi connectivity index (χ0) is 17.0. The van der Waals surface area contributed by atoms with E-state index >= 15 is 0 Å². The van der Waals surface area contributed by atoms with E-state index in [0.717, 1.165) is 36.9 Å². The molecule has 0 aromatic heterocycles. The standard InChI is InChI=1S/C15H26F3N3O2/c1-20(10-13(22)15(16,17)18)14(23)19-12-6-7-21(9-12)8-11-4-2-3-5-11/h11-13,22H,2-10H2,1H3,(H,19,23)/t12-,13+/m1/s1. The van der Waals surface area contributed by atoms with Gasteiger partial charge in [0.1, 0.15) is 0 Å². The Morgan fingerprint density at radius 1 is 1.35 bits per heavy atom. The molecule has 0 spiro atoms. The third-order valence-electron chi connectivity index (χ3n) is 4.76. The monoisotopic (exact) mass is 337 g/mol. The second-order valence-corrected chi connectivity index (χ2v) is 6.78. The van der Waals surface area contributed by atoms with Crippen molar-refractivity contribution in [2.75, 3.05) is 33.2 Å². The van der Waals surface area contributed by atoms with Gasteiger partial charge in [0.15, 0.2) is 6.10 Å². The number of rotatable bonds is 5. The van der Waals surface area contributed by atoms with E-state index in [9.17, 15) is 18.0 Å². The molecule has 2 N–H and O–H groups in total. The fraction of sp³-hybridized carbons (Fsp3) is 0.933. The lowest BCUT2D eigenvalue weighted by molar-refractivity contribution is -0.205. The zero-order valence-corrected chi connectivity index (χ0v) is 13.5. The molecule has 2 rings (SSSR count). The van der Waals surface area contributed by atoms with Gasteiger partial charge in [-0.05, 0) is 25.2 Å². The number of carbonyl (C=O) groups excluding carboxylic acids is 1. The van der Waals surface area contributed by atoms with E-state index in [1.165, 1.54) is 32.7 Å². The molecule has 1 aliphatic heterocycles. The molecule has 2 aliphatic rings. The summed E-state index contributed by atoms with van der Waals surface area (Å²) in [6.45, 7) is 1.96. The molecule has 2 fully saturated rings. The first kappa shape index (κ1) is 18.3. The number of alkyl halides is 3. The van der Waals surface area contributed by atoms with Crippen molar-refractivity contribution in [3.05, 3.63) is 0 Å². The number of hydrogen-bond donors (Lipinski definition) is 2. The van der Waals surface area contributed by atoms with Crippen molar-refractivity contribution in [3.63, 3.8) is 0 Å². The molecule has 1 saturated heterocycles. The summed E-state index contributed by atoms with van der Waals surface area (Å²) in [6, 6.07) is -0.601. The molecule has 0 aromatic carbocycles. The van der Waals surface area contributed by atoms with Gasteiger partial charge in [-0.15, -0.1) is 0 Å². The number of likely N-dealkylation sites (tertiary alicyclic amines) is 1. The van der Waals surface area contributed by atoms with Gasteiger partial charge in [-0.3, -0.25) is 0 Å². The molecular formula is C15H26F3N3O2. The number of hydrogen-bond acceptors (Lipinski definition) is 3. The third kappa shape index (κ3) is 5.53. The number of nitrogens with zero attached hydrogens (tertiary/aromatic N) is 2. The first-order valence-corrected chi connectivity index (χ1v) is 8.24. The first-order chi connectivity index (χ1) is 10.8. The van der Waals surface area contributed by atoms with Crippen LogP contribution in [0.2, 0.25) is 0 Å². The van der Waals surface area contributed by atoms with Crippen LogP contribution in [-0.4, -0.2) is 72.5 Å². The minimum absolute atomic E-state index is 0.0330. The average molecular weight is 337 g/mol. The fourth-order valence-corrected chi connectivity index (χ4v) is 3.41. The normalized spacial score (nSPS) is 24.8. The number of urea groups is 1. The van der Waals surface area contributed by atoms with E-state index in [1.54, 1.807) is 0 Å². The van der Waals surface area contributed by atoms with Gasteiger partial charge < -0.3 is 20.2 Å². The minimum atomic E-state index is -4.71. The van der Waals surface area contributed by atoms with Gasteiger partial charge in [0, 0.05) is 32.7 Å². The summed E-state index contributed by atoms with van der Waals surface area (Å²) in [4.78, 5) is 15.1. The summed E-state index contributed by atoms with van der Waals surface area (Å²) in [5.74, 6) is 0.744. The maximum absolute atomic E-state index is 12.3. The van der Waals surface area contributed by atoms with Gasteiger partial charge in [0.2, 0.25) is 0 Å². The maximum atomic E-state index is 12.3. The Morgan fingerprint density at radius 3 is 2.61 bits per heavy atom. The SMILES string of the molecule is CN(C[C@H](O)C(F)(F)F)C(=O)N[C@@H]1CCN(CC2CCCC2)C1. The van der Waals surface area contributed by atoms with Crippen LogP contribution in [0.15, 0.2) is 0 Å². The summed E-state index contributed by atoms with van der Waals surface area (Å²) in [7, 11) is 1.26. The average Bonchev–Trinajstić information content (AvgIpc) is 3.10. The second kappa shape index (κ2) is 7.70. The van der Waals surface area contributed by atoms with Crippen LogP contribution >= 0.6 is 0 Å². The number of aliphatic hydroxyl groups is 1. The molecular weight excluding hydrogens is 311 g/mol. The highest BCUT2D eigenvalue weighted by Gasteiger charge is 2.39. The lowest BCUT2D eigenvalue weighted by atomic mass is 10.1. The number of nitrogens with one attached hydrogen (secondary N) is 1. The van der Waals surface area contributed by atoms with Crippen molar-refractivity contribution >= 4 is 6.03 Å². The van der Waals surface area contributed by atoms with Gasteiger partial charge in [-0.25, -0.2) is 4.79 Å². The van der Waals surface area contributed by atoms with Gasteiger partial charge in [0.05, 0.1) is 6.54 Å². The molecule has 1 heterocycles. The van der Waals surface area contributed by atoms with Crippen LogP contribution in [0.25, 0.3) is 0 Å². The summed E-state index contributed by atoms with van der Waals surface area (Å²) in [5.41, 5.74) is 0. The highest BCUT2D eigenvalue weighted by atomic mass is 19.4. The molecule has 0 aromatic rings. The van der Waals surface area contributed by atoms with Crippen molar-refractivity contribution < 1.29 is 23.1 Å². The van der Waals surface area contributed by atoms with Crippen molar-refractivity contribution in [2.45, 2.75) is 50.4 Å². The highest BCUT2D eigenvalue weighted by Crippen LogP contribution is 2.26. The maximum Gasteiger partial charge on any atom is 0.416 e. The van der Waals surface area contributed by atoms with Crippen LogP contribution in [0, 0.1) is 5.92 Å². The van der Waals surface area contributed by atoms with Crippen LogP contribution in [0.3, 0.4) is 0 Å². The predicted molar refractivity (Wildman–Crippen MR) is 80.0 cm³/mol. The smallest absolute Gasteiger partial charge is 0.382 e. The van der Waals surface area contributed by atoms with Gasteiger partial charge in [0.25, 0.3) is 0 Å². The topological polar surface area (TPSA) is 55.8 Å². The van der Waals surface area contributed by atoms with Gasteiger partial charge >= 0.3 is 12.2 Å². The molecule has 2 amide bonds. The number of carbonyl (C=O) groups is 1. The summed E-state index contributed by atoms with van der Waals surface area (Å²) < 4.78 is 36.9. The quantitative estimate of drug-likeness (QED) is 0.805. The molecule has 8 heteroatoms. The second-order valence-electron chi connectivity index (χ2n) is 6.78. The van der Waals surface area contributed by atoms with E-state index in [-0.39, 0.29) is 6.04 Å². The Balaban J connectivity index is 1.71. The molecule has 0 unspecified atom stereocenters. The number of likely N-dealkylation sites (N-methyl/N-ethyl adjacent to an activating group) is 1. The molecule has 134 valence electrons. The van der Waals surface area contributed by atoms with Gasteiger partial charge in [-0.2, -0.15) is 13.2 Å². The molecule has 0 radical (unpaired) electrons. The third-order valence-corrected chi connectivity index (χ3v) is 4.76. The number of halogens is 3. The fourth-order valence-electron chi connectivity index (χ4n) is 3.41. The van der Waals surface area contributed by atoms with Crippen LogP contribution in [0.5, 0.6) is 0 Å². The van der Waals surface area contributed by atoms with Crippen LogP contribution in [-0.2, 0) is 0 Å². The number of aliphatic hydroxyl groups excluding tert-OH is 1. The molecule has 5 nitrogen and oxygen atoms in total. The van der Waals surface area contributed by atoms with E-state index in [0.29, 0.717) is 0 Å². The molecule has 1 saturated carbocycles. The van der Waals surface area contributed by atoms with Gasteiger partial charge in [-0.1, -0.05) is 12.8 Å². The Bertz CT molecular complexity index is 400. The zero-order valence-electron chi connectivity index (χ0n) is 13.5. The lowest BCUT2D eigenvalue weighted by Crippen LogP contribution is -2.48. The largest absolute Gasteiger partial charge is 0.416 e. The molecule has 2 atom stereocenters. The van der Waals surface area contributed by atoms with Crippen molar-refractivity contribution in [2.24, 2.45) is 5.92 Å². The summed E-state index contributed by atoms with van der Waals surface area (Å²) in [6.07, 6.45) is -1.28. The van der Waals surface area contributed by atoms with E-state index in [4.69, 9.17) is 5.11 Å². The van der Waals surface area contributed by atoms with Crippen molar-refractivity contribution in [1.29, 1.82) is 0 Å². The summed E-state index contributed by atoms with van der Waals surface area (Å²) in [5, 5.41) is 11.8. The van der Waals surface area contributed by atoms with E-state index in [1.807, 2.05) is 0 Å². The van der Waals surface area contributed by atoms with Crippen LogP contribution in [0.4, 0.5) is 18.0 Å². The van der Waals surface area contributed by atoms with Crippen molar-refractivity contribution in [3.8, 4) is 0 Å². The summed E-state index contributed by atoms with van der Waals surface area (Å²) >= 11 is 0. The Labute approximate surface area is 134 Å². The Hall–Kier alpha value is -1.02. The highest BCUT2D eigenvalue weighted by molar-refractivity contribution is 5.74. The van der Waals surface area contributed by atoms with E-state index in [2.05, 4.69) is 10.2 Å². The molecule has 23 heavy (non-hydrogen) atoms.